The molecule has 0 aromatic heterocycles. The maximum atomic E-state index is 9.79. The molecule has 1 rings (SSSR count). The van der Waals surface area contributed by atoms with Gasteiger partial charge in [0.2, 0.25) is 0 Å². The van der Waals surface area contributed by atoms with Crippen molar-refractivity contribution in [1.29, 1.82) is 0 Å². The molecule has 0 bridgehead atoms. The topological polar surface area (TPSA) is 32.3 Å². The molecular weight excluding hydrogens is 174 g/mol. The lowest BCUT2D eigenvalue weighted by molar-refractivity contribution is 0.126. The van der Waals surface area contributed by atoms with Crippen LogP contribution in [0.25, 0.3) is 0 Å². The van der Waals surface area contributed by atoms with Crippen molar-refractivity contribution >= 4 is 0 Å². The van der Waals surface area contributed by atoms with Crippen molar-refractivity contribution in [3.05, 3.63) is 0 Å². The van der Waals surface area contributed by atoms with Crippen LogP contribution in [-0.4, -0.2) is 23.8 Å². The zero-order chi connectivity index (χ0) is 10.4. The van der Waals surface area contributed by atoms with Gasteiger partial charge in [-0.3, -0.25) is 0 Å². The summed E-state index contributed by atoms with van der Waals surface area (Å²) in [7, 11) is 0. The van der Waals surface area contributed by atoms with Crippen LogP contribution in [-0.2, 0) is 0 Å². The first-order valence-electron chi connectivity index (χ1n) is 6.10. The van der Waals surface area contributed by atoms with E-state index < -0.39 is 0 Å². The molecule has 0 heterocycles. The van der Waals surface area contributed by atoms with Crippen molar-refractivity contribution in [3.8, 4) is 0 Å². The molecule has 1 aliphatic rings. The lowest BCUT2D eigenvalue weighted by atomic mass is 9.85. The van der Waals surface area contributed by atoms with Crippen LogP contribution in [0, 0.1) is 5.92 Å². The van der Waals surface area contributed by atoms with Crippen molar-refractivity contribution in [2.75, 3.05) is 6.54 Å². The molecule has 0 amide bonds. The minimum absolute atomic E-state index is 0.138. The molecule has 0 saturated heterocycles. The Morgan fingerprint density at radius 3 is 2.43 bits per heavy atom. The summed E-state index contributed by atoms with van der Waals surface area (Å²) in [6.07, 6.45) is 7.67. The van der Waals surface area contributed by atoms with E-state index in [1.54, 1.807) is 0 Å². The van der Waals surface area contributed by atoms with E-state index in [1.165, 1.54) is 32.1 Å². The molecule has 84 valence electrons. The second-order valence-corrected chi connectivity index (χ2v) is 4.96. The maximum Gasteiger partial charge on any atom is 0.0667 e. The van der Waals surface area contributed by atoms with Gasteiger partial charge in [0.05, 0.1) is 6.10 Å². The van der Waals surface area contributed by atoms with Crippen molar-refractivity contribution in [2.45, 2.75) is 64.5 Å². The van der Waals surface area contributed by atoms with Gasteiger partial charge in [0, 0.05) is 12.6 Å². The summed E-state index contributed by atoms with van der Waals surface area (Å²) in [5.74, 6) is 0.785. The second kappa shape index (κ2) is 6.41. The summed E-state index contributed by atoms with van der Waals surface area (Å²) in [6, 6.07) is 0.482. The fourth-order valence-corrected chi connectivity index (χ4v) is 2.26. The highest BCUT2D eigenvalue weighted by Crippen LogP contribution is 2.27. The fourth-order valence-electron chi connectivity index (χ4n) is 2.26. The maximum absolute atomic E-state index is 9.79. The van der Waals surface area contributed by atoms with E-state index in [9.17, 15) is 5.11 Å². The summed E-state index contributed by atoms with van der Waals surface area (Å²) >= 11 is 0. The van der Waals surface area contributed by atoms with Gasteiger partial charge in [-0.25, -0.2) is 0 Å². The Labute approximate surface area is 88.1 Å². The van der Waals surface area contributed by atoms with E-state index in [0.717, 1.165) is 18.9 Å². The van der Waals surface area contributed by atoms with Gasteiger partial charge in [0.25, 0.3) is 0 Å². The molecule has 2 nitrogen and oxygen atoms in total. The van der Waals surface area contributed by atoms with E-state index in [4.69, 9.17) is 0 Å². The van der Waals surface area contributed by atoms with Gasteiger partial charge in [0.15, 0.2) is 0 Å². The van der Waals surface area contributed by atoms with Crippen LogP contribution < -0.4 is 5.32 Å². The van der Waals surface area contributed by atoms with Crippen LogP contribution in [0.5, 0.6) is 0 Å². The summed E-state index contributed by atoms with van der Waals surface area (Å²) in [4.78, 5) is 0. The minimum atomic E-state index is -0.138. The number of hydrogen-bond acceptors (Lipinski definition) is 2. The summed E-state index contributed by atoms with van der Waals surface area (Å²) in [5, 5.41) is 13.1. The van der Waals surface area contributed by atoms with Crippen LogP contribution in [0.15, 0.2) is 0 Å². The highest BCUT2D eigenvalue weighted by Gasteiger charge is 2.17. The van der Waals surface area contributed by atoms with Gasteiger partial charge < -0.3 is 10.4 Å². The SMILES string of the molecule is CC(C)NCC(O)CC1CCCCC1. The van der Waals surface area contributed by atoms with Gasteiger partial charge in [-0.15, -0.1) is 0 Å². The first kappa shape index (κ1) is 12.0. The predicted octanol–water partition coefficient (Wildman–Crippen LogP) is 2.32. The van der Waals surface area contributed by atoms with Crippen LogP contribution in [0.2, 0.25) is 0 Å². The van der Waals surface area contributed by atoms with Crippen LogP contribution in [0.3, 0.4) is 0 Å². The molecule has 2 heteroatoms. The zero-order valence-corrected chi connectivity index (χ0v) is 9.63. The van der Waals surface area contributed by atoms with Gasteiger partial charge in [-0.2, -0.15) is 0 Å². The first-order chi connectivity index (χ1) is 6.68. The average Bonchev–Trinajstić information content (AvgIpc) is 2.16. The van der Waals surface area contributed by atoms with Gasteiger partial charge in [-0.05, 0) is 12.3 Å². The number of nitrogens with one attached hydrogen (secondary N) is 1. The van der Waals surface area contributed by atoms with E-state index in [2.05, 4.69) is 19.2 Å². The lowest BCUT2D eigenvalue weighted by Gasteiger charge is -2.24. The molecule has 0 aromatic carbocycles. The molecule has 0 aliphatic heterocycles. The third-order valence-corrected chi connectivity index (χ3v) is 3.09. The molecule has 1 unspecified atom stereocenters. The Bertz CT molecular complexity index is 141. The highest BCUT2D eigenvalue weighted by atomic mass is 16.3. The molecule has 1 saturated carbocycles. The van der Waals surface area contributed by atoms with E-state index in [0.29, 0.717) is 6.04 Å². The normalized spacial score (nSPS) is 21.4. The molecule has 0 radical (unpaired) electrons. The summed E-state index contributed by atoms with van der Waals surface area (Å²) < 4.78 is 0. The van der Waals surface area contributed by atoms with E-state index >= 15 is 0 Å². The van der Waals surface area contributed by atoms with Crippen molar-refractivity contribution < 1.29 is 5.11 Å². The Balaban J connectivity index is 2.09. The van der Waals surface area contributed by atoms with E-state index in [1.807, 2.05) is 0 Å². The molecule has 1 atom stereocenters. The van der Waals surface area contributed by atoms with Crippen LogP contribution in [0.1, 0.15) is 52.4 Å². The molecule has 0 spiro atoms. The smallest absolute Gasteiger partial charge is 0.0667 e. The second-order valence-electron chi connectivity index (χ2n) is 4.96. The predicted molar refractivity (Wildman–Crippen MR) is 60.3 cm³/mol. The molecule has 1 fully saturated rings. The Kier molecular flexibility index (Phi) is 5.49. The molecule has 0 aromatic rings. The number of rotatable bonds is 5. The third-order valence-electron chi connectivity index (χ3n) is 3.09. The van der Waals surface area contributed by atoms with Gasteiger partial charge in [0.1, 0.15) is 0 Å². The van der Waals surface area contributed by atoms with Crippen LogP contribution in [0.4, 0.5) is 0 Å². The molecular formula is C12H25NO. The fraction of sp³-hybridized carbons (Fsp3) is 1.00. The van der Waals surface area contributed by atoms with Gasteiger partial charge >= 0.3 is 0 Å². The Hall–Kier alpha value is -0.0800. The van der Waals surface area contributed by atoms with Crippen molar-refractivity contribution in [3.63, 3.8) is 0 Å². The van der Waals surface area contributed by atoms with Crippen molar-refractivity contribution in [1.82, 2.24) is 5.32 Å². The number of aliphatic hydroxyl groups is 1. The highest BCUT2D eigenvalue weighted by molar-refractivity contribution is 4.71. The van der Waals surface area contributed by atoms with Crippen LogP contribution >= 0.6 is 0 Å². The zero-order valence-electron chi connectivity index (χ0n) is 9.63. The summed E-state index contributed by atoms with van der Waals surface area (Å²) in [6.45, 7) is 4.99. The quantitative estimate of drug-likeness (QED) is 0.712. The van der Waals surface area contributed by atoms with Crippen molar-refractivity contribution in [2.24, 2.45) is 5.92 Å². The van der Waals surface area contributed by atoms with Gasteiger partial charge in [-0.1, -0.05) is 46.0 Å². The van der Waals surface area contributed by atoms with E-state index in [-0.39, 0.29) is 6.10 Å². The average molecular weight is 199 g/mol. The monoisotopic (exact) mass is 199 g/mol. The lowest BCUT2D eigenvalue weighted by Crippen LogP contribution is -2.33. The standard InChI is InChI=1S/C12H25NO/c1-10(2)13-9-12(14)8-11-6-4-3-5-7-11/h10-14H,3-9H2,1-2H3. The largest absolute Gasteiger partial charge is 0.392 e. The summed E-state index contributed by atoms with van der Waals surface area (Å²) in [5.41, 5.74) is 0. The molecule has 2 N–H and O–H groups in total. The first-order valence-corrected chi connectivity index (χ1v) is 6.10. The third kappa shape index (κ3) is 4.97. The molecule has 1 aliphatic carbocycles. The minimum Gasteiger partial charge on any atom is -0.392 e. The molecule has 14 heavy (non-hydrogen) atoms. The Morgan fingerprint density at radius 2 is 1.86 bits per heavy atom. The Morgan fingerprint density at radius 1 is 1.21 bits per heavy atom. The number of hydrogen-bond donors (Lipinski definition) is 2. The number of aliphatic hydroxyl groups excluding tert-OH is 1.